The van der Waals surface area contributed by atoms with Crippen LogP contribution < -0.4 is 0 Å². The Morgan fingerprint density at radius 1 is 0.462 bits per heavy atom. The molecule has 0 aromatic heterocycles. The molecule has 6 heteroatoms. The van der Waals surface area contributed by atoms with E-state index in [1.807, 2.05) is 0 Å². The van der Waals surface area contributed by atoms with Crippen molar-refractivity contribution in [3.63, 3.8) is 0 Å². The molecular weight excluding hydrogens is 368 g/mol. The normalized spacial score (nSPS) is 29.5. The van der Waals surface area contributed by atoms with Crippen LogP contribution in [0.5, 0.6) is 0 Å². The van der Waals surface area contributed by atoms with Gasteiger partial charge in [0, 0.05) is 22.3 Å². The van der Waals surface area contributed by atoms with E-state index in [2.05, 4.69) is 0 Å². The maximum atomic E-state index is 12.9. The second-order valence-corrected chi connectivity index (χ2v) is 9.08. The van der Waals surface area contributed by atoms with Crippen LogP contribution in [0.3, 0.4) is 0 Å². The number of carbonyl (C=O) groups is 4. The van der Waals surface area contributed by atoms with Gasteiger partial charge in [-0.2, -0.15) is 0 Å². The molecule has 1 fully saturated rings. The van der Waals surface area contributed by atoms with Crippen molar-refractivity contribution in [3.05, 3.63) is 70.8 Å². The first kappa shape index (κ1) is 16.0. The molecule has 4 nitrogen and oxygen atoms in total. The lowest BCUT2D eigenvalue weighted by Gasteiger charge is -2.42. The lowest BCUT2D eigenvalue weighted by atomic mass is 9.88. The van der Waals surface area contributed by atoms with Gasteiger partial charge in [-0.25, -0.2) is 0 Å². The lowest BCUT2D eigenvalue weighted by Crippen LogP contribution is -2.53. The number of benzene rings is 2. The van der Waals surface area contributed by atoms with E-state index >= 15 is 0 Å². The van der Waals surface area contributed by atoms with Crippen LogP contribution in [0.15, 0.2) is 48.5 Å². The highest BCUT2D eigenvalue weighted by Crippen LogP contribution is 2.49. The molecule has 26 heavy (non-hydrogen) atoms. The SMILES string of the molecule is O=C1c2ccccc2C(=O)[C@H]2S[C@H]3C(=O)c4ccccc4C(=O)[C@@H]3S[C@H]12. The van der Waals surface area contributed by atoms with Gasteiger partial charge in [-0.15, -0.1) is 23.5 Å². The highest BCUT2D eigenvalue weighted by molar-refractivity contribution is 8.09. The minimum Gasteiger partial charge on any atom is -0.293 e. The van der Waals surface area contributed by atoms with Crippen LogP contribution in [0.2, 0.25) is 0 Å². The fraction of sp³-hybridized carbons (Fsp3) is 0.200. The predicted octanol–water partition coefficient (Wildman–Crippen LogP) is 3.10. The van der Waals surface area contributed by atoms with Gasteiger partial charge in [0.2, 0.25) is 0 Å². The Kier molecular flexibility index (Phi) is 3.49. The molecule has 0 amide bonds. The molecule has 2 aliphatic carbocycles. The molecule has 0 N–H and O–H groups in total. The van der Waals surface area contributed by atoms with Crippen LogP contribution >= 0.6 is 23.5 Å². The number of rotatable bonds is 0. The van der Waals surface area contributed by atoms with Gasteiger partial charge in [0.05, 0.1) is 21.0 Å². The highest BCUT2D eigenvalue weighted by Gasteiger charge is 2.54. The smallest absolute Gasteiger partial charge is 0.178 e. The monoisotopic (exact) mass is 380 g/mol. The molecule has 1 aliphatic heterocycles. The van der Waals surface area contributed by atoms with Crippen molar-refractivity contribution in [2.45, 2.75) is 21.0 Å². The Morgan fingerprint density at radius 3 is 0.923 bits per heavy atom. The standard InChI is InChI=1S/C20H12O4S2/c21-13-9-5-1-2-6-10(9)14(22)18-17(13)25-19-15(23)11-7-3-4-8-12(11)16(24)20(19)26-18/h1-8,17-20H/t17-,18-,19+,20+. The highest BCUT2D eigenvalue weighted by atomic mass is 32.2. The minimum absolute atomic E-state index is 0.125. The third-order valence-electron chi connectivity index (χ3n) is 5.09. The Morgan fingerprint density at radius 2 is 0.692 bits per heavy atom. The van der Waals surface area contributed by atoms with Gasteiger partial charge in [0.15, 0.2) is 23.1 Å². The molecule has 1 saturated heterocycles. The van der Waals surface area contributed by atoms with Crippen LogP contribution in [-0.4, -0.2) is 44.1 Å². The molecule has 0 spiro atoms. The van der Waals surface area contributed by atoms with Gasteiger partial charge in [-0.1, -0.05) is 48.5 Å². The Balaban J connectivity index is 1.60. The number of hydrogen-bond donors (Lipinski definition) is 0. The third-order valence-corrected chi connectivity index (χ3v) is 8.55. The summed E-state index contributed by atoms with van der Waals surface area (Å²) in [6.45, 7) is 0. The first-order chi connectivity index (χ1) is 12.6. The fourth-order valence-corrected chi connectivity index (χ4v) is 7.31. The second-order valence-electron chi connectivity index (χ2n) is 6.50. The minimum atomic E-state index is -0.620. The van der Waals surface area contributed by atoms with Crippen molar-refractivity contribution in [3.8, 4) is 0 Å². The molecule has 4 atom stereocenters. The van der Waals surface area contributed by atoms with Crippen molar-refractivity contribution in [1.82, 2.24) is 0 Å². The van der Waals surface area contributed by atoms with Gasteiger partial charge >= 0.3 is 0 Å². The average Bonchev–Trinajstić information content (AvgIpc) is 2.69. The van der Waals surface area contributed by atoms with Crippen LogP contribution in [0.25, 0.3) is 0 Å². The summed E-state index contributed by atoms with van der Waals surface area (Å²) in [5.74, 6) is -0.499. The summed E-state index contributed by atoms with van der Waals surface area (Å²) in [5.41, 5.74) is 1.67. The van der Waals surface area contributed by atoms with E-state index in [-0.39, 0.29) is 23.1 Å². The number of hydrogen-bond acceptors (Lipinski definition) is 6. The molecule has 5 rings (SSSR count). The van der Waals surface area contributed by atoms with Crippen LogP contribution in [-0.2, 0) is 0 Å². The summed E-state index contributed by atoms with van der Waals surface area (Å²) in [5, 5.41) is -2.48. The first-order valence-corrected chi connectivity index (χ1v) is 10.1. The van der Waals surface area contributed by atoms with Crippen molar-refractivity contribution in [1.29, 1.82) is 0 Å². The first-order valence-electron chi connectivity index (χ1n) is 8.24. The van der Waals surface area contributed by atoms with Crippen LogP contribution in [0, 0.1) is 0 Å². The number of carbonyl (C=O) groups excluding carboxylic acids is 4. The van der Waals surface area contributed by atoms with Gasteiger partial charge < -0.3 is 0 Å². The number of thioether (sulfide) groups is 2. The van der Waals surface area contributed by atoms with Crippen molar-refractivity contribution in [2.75, 3.05) is 0 Å². The van der Waals surface area contributed by atoms with Crippen molar-refractivity contribution in [2.24, 2.45) is 0 Å². The van der Waals surface area contributed by atoms with E-state index in [0.29, 0.717) is 22.3 Å². The van der Waals surface area contributed by atoms with Crippen LogP contribution in [0.4, 0.5) is 0 Å². The lowest BCUT2D eigenvalue weighted by molar-refractivity contribution is 0.0884. The zero-order valence-corrected chi connectivity index (χ0v) is 15.0. The summed E-state index contributed by atoms with van der Waals surface area (Å²) < 4.78 is 0. The maximum Gasteiger partial charge on any atom is 0.178 e. The van der Waals surface area contributed by atoms with Crippen molar-refractivity contribution >= 4 is 46.7 Å². The topological polar surface area (TPSA) is 68.3 Å². The summed E-state index contributed by atoms with van der Waals surface area (Å²) >= 11 is 2.38. The molecule has 2 aromatic rings. The Labute approximate surface area is 157 Å². The van der Waals surface area contributed by atoms with E-state index in [0.717, 1.165) is 0 Å². The van der Waals surface area contributed by atoms with Crippen LogP contribution in [0.1, 0.15) is 41.4 Å². The predicted molar refractivity (Wildman–Crippen MR) is 101 cm³/mol. The quantitative estimate of drug-likeness (QED) is 0.700. The Bertz CT molecular complexity index is 853. The molecule has 3 aliphatic rings. The van der Waals surface area contributed by atoms with Gasteiger partial charge in [-0.05, 0) is 0 Å². The number of ketones is 4. The largest absolute Gasteiger partial charge is 0.293 e. The summed E-state index contributed by atoms with van der Waals surface area (Å²) in [6, 6.07) is 13.6. The molecular formula is C20H12O4S2. The summed E-state index contributed by atoms with van der Waals surface area (Å²) in [4.78, 5) is 51.7. The fourth-order valence-electron chi connectivity index (χ4n) is 3.84. The third kappa shape index (κ3) is 2.06. The molecule has 0 saturated carbocycles. The van der Waals surface area contributed by atoms with Gasteiger partial charge in [0.1, 0.15) is 0 Å². The van der Waals surface area contributed by atoms with Crippen molar-refractivity contribution < 1.29 is 19.2 Å². The number of Topliss-reactive ketones (excluding diaryl/α,β-unsaturated/α-hetero) is 4. The Hall–Kier alpha value is -2.18. The number of fused-ring (bicyclic) bond motifs is 4. The summed E-state index contributed by atoms with van der Waals surface area (Å²) in [7, 11) is 0. The molecule has 0 bridgehead atoms. The van der Waals surface area contributed by atoms with E-state index in [1.165, 1.54) is 23.5 Å². The van der Waals surface area contributed by atoms with E-state index < -0.39 is 21.0 Å². The van der Waals surface area contributed by atoms with Gasteiger partial charge in [-0.3, -0.25) is 19.2 Å². The maximum absolute atomic E-state index is 12.9. The van der Waals surface area contributed by atoms with E-state index in [9.17, 15) is 19.2 Å². The molecule has 1 heterocycles. The molecule has 0 unspecified atom stereocenters. The zero-order chi connectivity index (χ0) is 18.0. The van der Waals surface area contributed by atoms with E-state index in [1.54, 1.807) is 48.5 Å². The molecule has 0 radical (unpaired) electrons. The van der Waals surface area contributed by atoms with E-state index in [4.69, 9.17) is 0 Å². The zero-order valence-electron chi connectivity index (χ0n) is 13.4. The molecule has 128 valence electrons. The average molecular weight is 380 g/mol. The second kappa shape index (κ2) is 5.66. The molecule has 2 aromatic carbocycles. The summed E-state index contributed by atoms with van der Waals surface area (Å²) in [6.07, 6.45) is 0. The van der Waals surface area contributed by atoms with Gasteiger partial charge in [0.25, 0.3) is 0 Å².